The zero-order chi connectivity index (χ0) is 13.2. The lowest BCUT2D eigenvalue weighted by Crippen LogP contribution is -2.24. The standard InChI is InChI=1S/C11H14N4O2S/c1-8-4-3-5-10(14-8)6-13-18(16,17)11-7-12-15-9(11)2/h3-5,7,13H,6H2,1-2H3,(H,12,15). The molecule has 0 saturated carbocycles. The summed E-state index contributed by atoms with van der Waals surface area (Å²) in [7, 11) is -3.54. The van der Waals surface area contributed by atoms with Crippen LogP contribution in [-0.2, 0) is 16.6 Å². The molecule has 0 atom stereocenters. The van der Waals surface area contributed by atoms with Crippen LogP contribution in [0.25, 0.3) is 0 Å². The average molecular weight is 266 g/mol. The number of aromatic nitrogens is 3. The van der Waals surface area contributed by atoms with E-state index in [1.54, 1.807) is 13.0 Å². The van der Waals surface area contributed by atoms with E-state index in [2.05, 4.69) is 19.9 Å². The fourth-order valence-electron chi connectivity index (χ4n) is 1.56. The number of nitrogens with zero attached hydrogens (tertiary/aromatic N) is 2. The Morgan fingerprint density at radius 3 is 2.72 bits per heavy atom. The minimum atomic E-state index is -3.54. The van der Waals surface area contributed by atoms with E-state index in [0.29, 0.717) is 11.4 Å². The molecular weight excluding hydrogens is 252 g/mol. The van der Waals surface area contributed by atoms with Crippen molar-refractivity contribution in [3.8, 4) is 0 Å². The molecule has 0 saturated heterocycles. The van der Waals surface area contributed by atoms with E-state index in [1.807, 2.05) is 19.1 Å². The molecule has 7 heteroatoms. The zero-order valence-electron chi connectivity index (χ0n) is 10.1. The highest BCUT2D eigenvalue weighted by molar-refractivity contribution is 7.89. The summed E-state index contributed by atoms with van der Waals surface area (Å²) in [6, 6.07) is 5.48. The number of sulfonamides is 1. The van der Waals surface area contributed by atoms with Crippen molar-refractivity contribution >= 4 is 10.0 Å². The van der Waals surface area contributed by atoms with Crippen molar-refractivity contribution in [2.24, 2.45) is 0 Å². The molecule has 0 aliphatic heterocycles. The summed E-state index contributed by atoms with van der Waals surface area (Å²) in [6.07, 6.45) is 1.29. The van der Waals surface area contributed by atoms with E-state index in [1.165, 1.54) is 6.20 Å². The summed E-state index contributed by atoms with van der Waals surface area (Å²) in [5, 5.41) is 6.29. The normalized spacial score (nSPS) is 11.7. The van der Waals surface area contributed by atoms with E-state index in [4.69, 9.17) is 0 Å². The van der Waals surface area contributed by atoms with Gasteiger partial charge in [-0.3, -0.25) is 10.1 Å². The first-order valence-electron chi connectivity index (χ1n) is 5.41. The summed E-state index contributed by atoms with van der Waals surface area (Å²) in [5.41, 5.74) is 2.05. The molecule has 18 heavy (non-hydrogen) atoms. The molecule has 0 spiro atoms. The Balaban J connectivity index is 2.13. The van der Waals surface area contributed by atoms with Gasteiger partial charge in [-0.15, -0.1) is 0 Å². The molecule has 0 amide bonds. The van der Waals surface area contributed by atoms with Gasteiger partial charge in [0.1, 0.15) is 4.90 Å². The number of aromatic amines is 1. The maximum absolute atomic E-state index is 12.0. The summed E-state index contributed by atoms with van der Waals surface area (Å²) < 4.78 is 26.4. The van der Waals surface area contributed by atoms with Crippen molar-refractivity contribution in [1.82, 2.24) is 19.9 Å². The van der Waals surface area contributed by atoms with Gasteiger partial charge in [0.2, 0.25) is 10.0 Å². The van der Waals surface area contributed by atoms with Gasteiger partial charge in [-0.25, -0.2) is 13.1 Å². The fraction of sp³-hybridized carbons (Fsp3) is 0.273. The Hall–Kier alpha value is -1.73. The first kappa shape index (κ1) is 12.7. The summed E-state index contributed by atoms with van der Waals surface area (Å²) in [6.45, 7) is 3.68. The van der Waals surface area contributed by atoms with Crippen LogP contribution < -0.4 is 4.72 Å². The molecule has 96 valence electrons. The lowest BCUT2D eigenvalue weighted by Gasteiger charge is -2.05. The topological polar surface area (TPSA) is 87.7 Å². The van der Waals surface area contributed by atoms with E-state index in [9.17, 15) is 8.42 Å². The van der Waals surface area contributed by atoms with Crippen molar-refractivity contribution < 1.29 is 8.42 Å². The van der Waals surface area contributed by atoms with Crippen LogP contribution in [0.5, 0.6) is 0 Å². The number of nitrogens with one attached hydrogen (secondary N) is 2. The minimum absolute atomic E-state index is 0.161. The summed E-state index contributed by atoms with van der Waals surface area (Å²) in [5.74, 6) is 0. The lowest BCUT2D eigenvalue weighted by molar-refractivity contribution is 0.580. The van der Waals surface area contributed by atoms with Gasteiger partial charge >= 0.3 is 0 Å². The van der Waals surface area contributed by atoms with Crippen molar-refractivity contribution in [3.63, 3.8) is 0 Å². The maximum Gasteiger partial charge on any atom is 0.244 e. The highest BCUT2D eigenvalue weighted by atomic mass is 32.2. The molecule has 0 unspecified atom stereocenters. The van der Waals surface area contributed by atoms with Crippen LogP contribution >= 0.6 is 0 Å². The van der Waals surface area contributed by atoms with Crippen molar-refractivity contribution in [1.29, 1.82) is 0 Å². The molecular formula is C11H14N4O2S. The Morgan fingerprint density at radius 1 is 1.33 bits per heavy atom. The minimum Gasteiger partial charge on any atom is -0.281 e. The van der Waals surface area contributed by atoms with Crippen LogP contribution in [-0.4, -0.2) is 23.6 Å². The molecule has 6 nitrogen and oxygen atoms in total. The molecule has 2 aromatic heterocycles. The lowest BCUT2D eigenvalue weighted by atomic mass is 10.3. The second kappa shape index (κ2) is 4.87. The number of H-pyrrole nitrogens is 1. The predicted molar refractivity (Wildman–Crippen MR) is 66.3 cm³/mol. The molecule has 0 fully saturated rings. The fourth-order valence-corrected chi connectivity index (χ4v) is 2.69. The summed E-state index contributed by atoms with van der Waals surface area (Å²) >= 11 is 0. The highest BCUT2D eigenvalue weighted by Gasteiger charge is 2.18. The van der Waals surface area contributed by atoms with Gasteiger partial charge in [0.15, 0.2) is 0 Å². The molecule has 2 rings (SSSR count). The first-order valence-corrected chi connectivity index (χ1v) is 6.89. The number of hydrogen-bond acceptors (Lipinski definition) is 4. The van der Waals surface area contributed by atoms with Gasteiger partial charge in [0.25, 0.3) is 0 Å². The summed E-state index contributed by atoms with van der Waals surface area (Å²) in [4.78, 5) is 4.39. The monoisotopic (exact) mass is 266 g/mol. The molecule has 0 aliphatic carbocycles. The second-order valence-corrected chi connectivity index (χ2v) is 5.69. The number of rotatable bonds is 4. The number of pyridine rings is 1. The maximum atomic E-state index is 12.0. The highest BCUT2D eigenvalue weighted by Crippen LogP contribution is 2.11. The van der Waals surface area contributed by atoms with Crippen LogP contribution in [0.1, 0.15) is 17.1 Å². The molecule has 0 bridgehead atoms. The molecule has 0 radical (unpaired) electrons. The van der Waals surface area contributed by atoms with E-state index < -0.39 is 10.0 Å². The predicted octanol–water partition coefficient (Wildman–Crippen LogP) is 0.900. The van der Waals surface area contributed by atoms with Crippen LogP contribution in [0.4, 0.5) is 0 Å². The van der Waals surface area contributed by atoms with Gasteiger partial charge in [-0.05, 0) is 26.0 Å². The van der Waals surface area contributed by atoms with Crippen molar-refractivity contribution in [2.75, 3.05) is 0 Å². The largest absolute Gasteiger partial charge is 0.281 e. The molecule has 2 aromatic rings. The van der Waals surface area contributed by atoms with Crippen molar-refractivity contribution in [2.45, 2.75) is 25.3 Å². The zero-order valence-corrected chi connectivity index (χ0v) is 11.0. The third kappa shape index (κ3) is 2.74. The van der Waals surface area contributed by atoms with Gasteiger partial charge < -0.3 is 0 Å². The van der Waals surface area contributed by atoms with Crippen LogP contribution in [0.3, 0.4) is 0 Å². The Morgan fingerprint density at radius 2 is 2.11 bits per heavy atom. The second-order valence-electron chi connectivity index (χ2n) is 3.95. The number of hydrogen-bond donors (Lipinski definition) is 2. The van der Waals surface area contributed by atoms with Gasteiger partial charge in [-0.1, -0.05) is 6.07 Å². The van der Waals surface area contributed by atoms with E-state index in [-0.39, 0.29) is 11.4 Å². The molecule has 2 heterocycles. The van der Waals surface area contributed by atoms with Gasteiger partial charge in [-0.2, -0.15) is 5.10 Å². The smallest absolute Gasteiger partial charge is 0.244 e. The van der Waals surface area contributed by atoms with Crippen molar-refractivity contribution in [3.05, 3.63) is 41.5 Å². The third-order valence-electron chi connectivity index (χ3n) is 2.46. The van der Waals surface area contributed by atoms with Crippen LogP contribution in [0, 0.1) is 13.8 Å². The van der Waals surface area contributed by atoms with E-state index >= 15 is 0 Å². The average Bonchev–Trinajstić information content (AvgIpc) is 2.74. The third-order valence-corrected chi connectivity index (χ3v) is 3.98. The van der Waals surface area contributed by atoms with Gasteiger partial charge in [0.05, 0.1) is 24.1 Å². The van der Waals surface area contributed by atoms with Gasteiger partial charge in [0, 0.05) is 5.69 Å². The molecule has 0 aromatic carbocycles. The van der Waals surface area contributed by atoms with E-state index in [0.717, 1.165) is 5.69 Å². The first-order chi connectivity index (χ1) is 8.49. The van der Waals surface area contributed by atoms with Crippen LogP contribution in [0.2, 0.25) is 0 Å². The molecule has 2 N–H and O–H groups in total. The Kier molecular flexibility index (Phi) is 3.44. The SMILES string of the molecule is Cc1cccc(CNS(=O)(=O)c2cn[nH]c2C)n1. The quantitative estimate of drug-likeness (QED) is 0.860. The Labute approximate surface area is 106 Å². The number of aryl methyl sites for hydroxylation is 2. The Bertz CT molecular complexity index is 649. The molecule has 0 aliphatic rings. The van der Waals surface area contributed by atoms with Crippen LogP contribution in [0.15, 0.2) is 29.3 Å².